The highest BCUT2D eigenvalue weighted by molar-refractivity contribution is 7.99. The largest absolute Gasteiger partial charge is 0.311 e. The van der Waals surface area contributed by atoms with Crippen LogP contribution in [0.3, 0.4) is 0 Å². The number of nitro benzene ring substituents is 1. The first-order chi connectivity index (χ1) is 15.1. The molecule has 2 heterocycles. The van der Waals surface area contributed by atoms with Gasteiger partial charge in [-0.15, -0.1) is 10.2 Å². The van der Waals surface area contributed by atoms with Crippen LogP contribution in [-0.4, -0.2) is 37.9 Å². The monoisotopic (exact) mass is 435 g/mol. The van der Waals surface area contributed by atoms with E-state index in [4.69, 9.17) is 0 Å². The number of fused-ring (bicyclic) bond motifs is 1. The van der Waals surface area contributed by atoms with Crippen molar-refractivity contribution in [3.05, 3.63) is 75.6 Å². The van der Waals surface area contributed by atoms with Crippen molar-refractivity contribution in [3.8, 4) is 0 Å². The van der Waals surface area contributed by atoms with Gasteiger partial charge in [-0.1, -0.05) is 42.1 Å². The van der Waals surface area contributed by atoms with Gasteiger partial charge >= 0.3 is 0 Å². The van der Waals surface area contributed by atoms with Gasteiger partial charge in [-0.2, -0.15) is 0 Å². The van der Waals surface area contributed by atoms with Crippen molar-refractivity contribution in [2.45, 2.75) is 36.9 Å². The Morgan fingerprint density at radius 3 is 2.71 bits per heavy atom. The van der Waals surface area contributed by atoms with E-state index in [-0.39, 0.29) is 17.3 Å². The van der Waals surface area contributed by atoms with E-state index in [2.05, 4.69) is 26.9 Å². The lowest BCUT2D eigenvalue weighted by Gasteiger charge is -2.17. The number of carbonyl (C=O) groups is 1. The zero-order valence-corrected chi connectivity index (χ0v) is 17.6. The highest BCUT2D eigenvalue weighted by Crippen LogP contribution is 2.40. The first-order valence-corrected chi connectivity index (χ1v) is 11.3. The van der Waals surface area contributed by atoms with Crippen molar-refractivity contribution < 1.29 is 9.72 Å². The molecule has 5 rings (SSSR count). The van der Waals surface area contributed by atoms with Crippen LogP contribution in [0, 0.1) is 10.1 Å². The Kier molecular flexibility index (Phi) is 5.19. The van der Waals surface area contributed by atoms with Crippen molar-refractivity contribution in [2.75, 3.05) is 17.2 Å². The minimum atomic E-state index is -0.405. The molecule has 31 heavy (non-hydrogen) atoms. The number of anilines is 1. The molecule has 3 aromatic rings. The van der Waals surface area contributed by atoms with E-state index in [9.17, 15) is 14.9 Å². The van der Waals surface area contributed by atoms with Gasteiger partial charge in [0.05, 0.1) is 17.2 Å². The van der Waals surface area contributed by atoms with Crippen LogP contribution in [0.25, 0.3) is 0 Å². The second-order valence-electron chi connectivity index (χ2n) is 7.84. The summed E-state index contributed by atoms with van der Waals surface area (Å²) in [7, 11) is 0. The van der Waals surface area contributed by atoms with Crippen LogP contribution in [0.2, 0.25) is 0 Å². The fraction of sp³-hybridized carbons (Fsp3) is 0.318. The Labute approximate surface area is 183 Å². The average Bonchev–Trinajstić information content (AvgIpc) is 3.41. The third kappa shape index (κ3) is 4.05. The maximum atomic E-state index is 12.9. The highest BCUT2D eigenvalue weighted by atomic mass is 32.2. The minimum Gasteiger partial charge on any atom is -0.311 e. The molecule has 0 N–H and O–H groups in total. The van der Waals surface area contributed by atoms with Gasteiger partial charge in [0, 0.05) is 30.3 Å². The molecule has 0 bridgehead atoms. The van der Waals surface area contributed by atoms with Crippen LogP contribution in [0.5, 0.6) is 0 Å². The van der Waals surface area contributed by atoms with Gasteiger partial charge in [0.15, 0.2) is 5.16 Å². The third-order valence-corrected chi connectivity index (χ3v) is 6.62. The first kappa shape index (κ1) is 19.7. The summed E-state index contributed by atoms with van der Waals surface area (Å²) in [6.45, 7) is 1.23. The van der Waals surface area contributed by atoms with Crippen LogP contribution in [0.4, 0.5) is 11.4 Å². The fourth-order valence-electron chi connectivity index (χ4n) is 3.93. The van der Waals surface area contributed by atoms with Crippen LogP contribution < -0.4 is 4.90 Å². The summed E-state index contributed by atoms with van der Waals surface area (Å²) in [5.74, 6) is 1.67. The highest BCUT2D eigenvalue weighted by Gasteiger charge is 2.31. The number of carbonyl (C=O) groups excluding carboxylic acids is 1. The summed E-state index contributed by atoms with van der Waals surface area (Å²) >= 11 is 1.40. The summed E-state index contributed by atoms with van der Waals surface area (Å²) in [5.41, 5.74) is 2.84. The van der Waals surface area contributed by atoms with Gasteiger partial charge in [0.25, 0.3) is 5.69 Å². The minimum absolute atomic E-state index is 0.0279. The Morgan fingerprint density at radius 2 is 1.97 bits per heavy atom. The molecule has 8 nitrogen and oxygen atoms in total. The first-order valence-electron chi connectivity index (χ1n) is 10.3. The van der Waals surface area contributed by atoms with E-state index in [0.717, 1.165) is 35.1 Å². The molecule has 2 aromatic carbocycles. The molecule has 1 amide bonds. The zero-order valence-electron chi connectivity index (χ0n) is 16.8. The quantitative estimate of drug-likeness (QED) is 0.318. The van der Waals surface area contributed by atoms with Crippen LogP contribution >= 0.6 is 11.8 Å². The molecule has 0 atom stereocenters. The molecule has 1 aromatic heterocycles. The Bertz CT molecular complexity index is 1140. The van der Waals surface area contributed by atoms with Crippen LogP contribution in [0.15, 0.2) is 53.7 Å². The van der Waals surface area contributed by atoms with Gasteiger partial charge in [-0.3, -0.25) is 14.9 Å². The Hall–Kier alpha value is -3.20. The maximum absolute atomic E-state index is 12.9. The van der Waals surface area contributed by atoms with Gasteiger partial charge in [0.2, 0.25) is 5.91 Å². The summed E-state index contributed by atoms with van der Waals surface area (Å²) < 4.78 is 2.13. The van der Waals surface area contributed by atoms with Crippen molar-refractivity contribution in [2.24, 2.45) is 0 Å². The molecule has 0 spiro atoms. The molecular weight excluding hydrogens is 414 g/mol. The van der Waals surface area contributed by atoms with Gasteiger partial charge in [-0.05, 0) is 36.5 Å². The van der Waals surface area contributed by atoms with Crippen LogP contribution in [0.1, 0.15) is 35.7 Å². The molecule has 0 unspecified atom stereocenters. The summed E-state index contributed by atoms with van der Waals surface area (Å²) in [5, 5.41) is 20.5. The standard InChI is InChI=1S/C22H21N5O3S/c28-20(25-11-10-17-12-18(27(29)30)8-9-19(17)25)14-31-22-24-23-21(16-6-7-16)26(22)13-15-4-2-1-3-5-15/h1-5,8-9,12,16H,6-7,10-11,13-14H2. The van der Waals surface area contributed by atoms with Gasteiger partial charge < -0.3 is 9.47 Å². The fourth-order valence-corrected chi connectivity index (χ4v) is 4.75. The van der Waals surface area contributed by atoms with Crippen molar-refractivity contribution >= 4 is 29.0 Å². The topological polar surface area (TPSA) is 94.2 Å². The zero-order chi connectivity index (χ0) is 21.4. The lowest BCUT2D eigenvalue weighted by atomic mass is 10.1. The van der Waals surface area contributed by atoms with E-state index in [1.54, 1.807) is 17.0 Å². The van der Waals surface area contributed by atoms with E-state index < -0.39 is 4.92 Å². The molecule has 1 saturated carbocycles. The number of aromatic nitrogens is 3. The molecule has 1 fully saturated rings. The molecule has 158 valence electrons. The molecule has 1 aliphatic carbocycles. The second-order valence-corrected chi connectivity index (χ2v) is 8.78. The predicted octanol–water partition coefficient (Wildman–Crippen LogP) is 3.79. The number of hydrogen-bond acceptors (Lipinski definition) is 6. The molecule has 9 heteroatoms. The normalized spacial score (nSPS) is 15.2. The number of non-ortho nitro benzene ring substituents is 1. The summed E-state index contributed by atoms with van der Waals surface area (Å²) in [6, 6.07) is 14.9. The molecule has 0 saturated heterocycles. The third-order valence-electron chi connectivity index (χ3n) is 5.67. The number of nitrogens with zero attached hydrogens (tertiary/aromatic N) is 5. The SMILES string of the molecule is O=C(CSc1nnc(C2CC2)n1Cc1ccccc1)N1CCc2cc([N+](=O)[O-])ccc21. The smallest absolute Gasteiger partial charge is 0.269 e. The summed E-state index contributed by atoms with van der Waals surface area (Å²) in [6.07, 6.45) is 2.89. The Morgan fingerprint density at radius 1 is 1.16 bits per heavy atom. The van der Waals surface area contributed by atoms with E-state index >= 15 is 0 Å². The number of benzene rings is 2. The predicted molar refractivity (Wildman–Crippen MR) is 117 cm³/mol. The van der Waals surface area contributed by atoms with Crippen molar-refractivity contribution in [1.29, 1.82) is 0 Å². The van der Waals surface area contributed by atoms with Crippen molar-refractivity contribution in [1.82, 2.24) is 14.8 Å². The second kappa shape index (κ2) is 8.14. The van der Waals surface area contributed by atoms with E-state index in [1.807, 2.05) is 18.2 Å². The lowest BCUT2D eigenvalue weighted by molar-refractivity contribution is -0.384. The van der Waals surface area contributed by atoms with Crippen molar-refractivity contribution in [3.63, 3.8) is 0 Å². The maximum Gasteiger partial charge on any atom is 0.269 e. The summed E-state index contributed by atoms with van der Waals surface area (Å²) in [4.78, 5) is 25.2. The molecule has 0 radical (unpaired) electrons. The number of rotatable bonds is 7. The number of amides is 1. The van der Waals surface area contributed by atoms with Gasteiger partial charge in [0.1, 0.15) is 5.82 Å². The average molecular weight is 436 g/mol. The van der Waals surface area contributed by atoms with E-state index in [0.29, 0.717) is 25.4 Å². The number of nitro groups is 1. The van der Waals surface area contributed by atoms with E-state index in [1.165, 1.54) is 23.4 Å². The Balaban J connectivity index is 1.31. The lowest BCUT2D eigenvalue weighted by Crippen LogP contribution is -2.30. The number of thioether (sulfide) groups is 1. The molecular formula is C22H21N5O3S. The molecule has 2 aliphatic rings. The van der Waals surface area contributed by atoms with Crippen LogP contribution in [-0.2, 0) is 17.8 Å². The molecule has 1 aliphatic heterocycles. The van der Waals surface area contributed by atoms with Gasteiger partial charge in [-0.25, -0.2) is 0 Å². The number of hydrogen-bond donors (Lipinski definition) is 0.